The highest BCUT2D eigenvalue weighted by Crippen LogP contribution is 2.37. The largest absolute Gasteiger partial charge is 0.454 e. The first kappa shape index (κ1) is 19.7. The molecule has 9 heteroatoms. The molecule has 2 heterocycles. The number of imide groups is 1. The average molecular weight is 413 g/mol. The van der Waals surface area contributed by atoms with E-state index < -0.39 is 29.9 Å². The molecule has 4 amide bonds. The Morgan fingerprint density at radius 1 is 1.17 bits per heavy atom. The number of urea groups is 1. The van der Waals surface area contributed by atoms with E-state index in [9.17, 15) is 18.8 Å². The van der Waals surface area contributed by atoms with Crippen molar-refractivity contribution >= 4 is 17.8 Å². The van der Waals surface area contributed by atoms with Gasteiger partial charge in [-0.25, -0.2) is 9.18 Å². The molecule has 0 bridgehead atoms. The van der Waals surface area contributed by atoms with Crippen LogP contribution in [0.3, 0.4) is 0 Å². The van der Waals surface area contributed by atoms with Crippen LogP contribution in [0.5, 0.6) is 11.5 Å². The van der Waals surface area contributed by atoms with E-state index in [-0.39, 0.29) is 19.2 Å². The van der Waals surface area contributed by atoms with E-state index in [4.69, 9.17) is 9.47 Å². The Kier molecular flexibility index (Phi) is 4.81. The fraction of sp³-hybridized carbons (Fsp3) is 0.286. The zero-order valence-corrected chi connectivity index (χ0v) is 16.5. The molecule has 156 valence electrons. The quantitative estimate of drug-likeness (QED) is 0.758. The molecule has 1 N–H and O–H groups in total. The van der Waals surface area contributed by atoms with Crippen LogP contribution in [0.15, 0.2) is 42.5 Å². The van der Waals surface area contributed by atoms with Crippen molar-refractivity contribution in [3.8, 4) is 11.5 Å². The predicted molar refractivity (Wildman–Crippen MR) is 103 cm³/mol. The lowest BCUT2D eigenvalue weighted by molar-refractivity contribution is -0.138. The van der Waals surface area contributed by atoms with Gasteiger partial charge < -0.3 is 19.7 Å². The Hall–Kier alpha value is -3.62. The van der Waals surface area contributed by atoms with Crippen LogP contribution < -0.4 is 14.8 Å². The summed E-state index contributed by atoms with van der Waals surface area (Å²) in [5, 5.41) is 2.67. The summed E-state index contributed by atoms with van der Waals surface area (Å²) in [5.41, 5.74) is -0.0669. The monoisotopic (exact) mass is 413 g/mol. The number of hydrogen-bond donors (Lipinski definition) is 1. The number of likely N-dealkylation sites (N-methyl/N-ethyl adjacent to an activating group) is 1. The molecule has 0 aromatic heterocycles. The van der Waals surface area contributed by atoms with Gasteiger partial charge >= 0.3 is 6.03 Å². The van der Waals surface area contributed by atoms with E-state index in [1.165, 1.54) is 17.0 Å². The van der Waals surface area contributed by atoms with Gasteiger partial charge in [-0.15, -0.1) is 0 Å². The standard InChI is InChI=1S/C21H20FN3O5/c1-21(14-5-8-16-17(9-14)30-12-29-16)19(27)25(20(28)23-21)11-18(26)24(2)10-13-3-6-15(22)7-4-13/h3-9H,10-12H2,1-2H3,(H,23,28)/t21-/m1/s1. The van der Waals surface area contributed by atoms with Gasteiger partial charge in [0.15, 0.2) is 11.5 Å². The lowest BCUT2D eigenvalue weighted by Crippen LogP contribution is -2.43. The molecule has 1 atom stereocenters. The van der Waals surface area contributed by atoms with Crippen LogP contribution in [-0.2, 0) is 21.7 Å². The summed E-state index contributed by atoms with van der Waals surface area (Å²) in [5.74, 6) is -0.263. The minimum Gasteiger partial charge on any atom is -0.454 e. The number of ether oxygens (including phenoxy) is 2. The number of halogens is 1. The second kappa shape index (κ2) is 7.33. The van der Waals surface area contributed by atoms with Gasteiger partial charge in [-0.1, -0.05) is 18.2 Å². The van der Waals surface area contributed by atoms with Crippen LogP contribution in [0.2, 0.25) is 0 Å². The summed E-state index contributed by atoms with van der Waals surface area (Å²) >= 11 is 0. The molecular formula is C21H20FN3O5. The van der Waals surface area contributed by atoms with E-state index in [0.717, 1.165) is 10.5 Å². The molecule has 1 fully saturated rings. The molecule has 30 heavy (non-hydrogen) atoms. The minimum atomic E-state index is -1.33. The first-order valence-electron chi connectivity index (χ1n) is 9.30. The molecule has 0 aliphatic carbocycles. The Morgan fingerprint density at radius 2 is 1.87 bits per heavy atom. The fourth-order valence-electron chi connectivity index (χ4n) is 3.45. The van der Waals surface area contributed by atoms with Crippen molar-refractivity contribution in [2.45, 2.75) is 19.0 Å². The molecule has 0 saturated carbocycles. The second-order valence-corrected chi connectivity index (χ2v) is 7.39. The van der Waals surface area contributed by atoms with Crippen molar-refractivity contribution in [1.82, 2.24) is 15.1 Å². The Bertz CT molecular complexity index is 1030. The first-order chi connectivity index (χ1) is 14.3. The Balaban J connectivity index is 1.47. The number of nitrogens with zero attached hydrogens (tertiary/aromatic N) is 2. The molecule has 2 aromatic rings. The van der Waals surface area contributed by atoms with Crippen LogP contribution in [0, 0.1) is 5.82 Å². The number of carbonyl (C=O) groups excluding carboxylic acids is 3. The Labute approximate surface area is 172 Å². The van der Waals surface area contributed by atoms with Gasteiger partial charge in [-0.05, 0) is 42.3 Å². The Morgan fingerprint density at radius 3 is 2.60 bits per heavy atom. The summed E-state index contributed by atoms with van der Waals surface area (Å²) in [6, 6.07) is 10.1. The normalized spacial score (nSPS) is 19.8. The summed E-state index contributed by atoms with van der Waals surface area (Å²) in [7, 11) is 1.56. The molecule has 0 unspecified atom stereocenters. The third-order valence-electron chi connectivity index (χ3n) is 5.28. The number of rotatable bonds is 5. The van der Waals surface area contributed by atoms with Gasteiger partial charge in [0, 0.05) is 13.6 Å². The number of hydrogen-bond acceptors (Lipinski definition) is 5. The van der Waals surface area contributed by atoms with Crippen molar-refractivity contribution < 1.29 is 28.2 Å². The summed E-state index contributed by atoms with van der Waals surface area (Å²) in [4.78, 5) is 40.4. The van der Waals surface area contributed by atoms with E-state index in [1.807, 2.05) is 0 Å². The van der Waals surface area contributed by atoms with Crippen LogP contribution >= 0.6 is 0 Å². The van der Waals surface area contributed by atoms with E-state index in [1.54, 1.807) is 44.3 Å². The number of fused-ring (bicyclic) bond motifs is 1. The van der Waals surface area contributed by atoms with E-state index >= 15 is 0 Å². The zero-order chi connectivity index (χ0) is 21.5. The van der Waals surface area contributed by atoms with Crippen molar-refractivity contribution in [2.75, 3.05) is 20.4 Å². The lowest BCUT2D eigenvalue weighted by Gasteiger charge is -2.23. The second-order valence-electron chi connectivity index (χ2n) is 7.39. The van der Waals surface area contributed by atoms with Gasteiger partial charge in [0.1, 0.15) is 17.9 Å². The highest BCUT2D eigenvalue weighted by atomic mass is 19.1. The third kappa shape index (κ3) is 3.42. The van der Waals surface area contributed by atoms with Crippen LogP contribution in [0.1, 0.15) is 18.1 Å². The minimum absolute atomic E-state index is 0.0941. The molecular weight excluding hydrogens is 393 g/mol. The van der Waals surface area contributed by atoms with Crippen LogP contribution in [0.4, 0.5) is 9.18 Å². The number of nitrogens with one attached hydrogen (secondary N) is 1. The number of benzene rings is 2. The van der Waals surface area contributed by atoms with Gasteiger partial charge in [0.2, 0.25) is 12.7 Å². The maximum atomic E-state index is 13.1. The first-order valence-corrected chi connectivity index (χ1v) is 9.30. The molecule has 0 radical (unpaired) electrons. The van der Waals surface area contributed by atoms with Gasteiger partial charge in [-0.3, -0.25) is 14.5 Å². The lowest BCUT2D eigenvalue weighted by atomic mass is 9.91. The summed E-state index contributed by atoms with van der Waals surface area (Å²) < 4.78 is 23.7. The molecule has 2 aliphatic rings. The molecule has 0 spiro atoms. The van der Waals surface area contributed by atoms with Crippen molar-refractivity contribution in [1.29, 1.82) is 0 Å². The number of carbonyl (C=O) groups is 3. The predicted octanol–water partition coefficient (Wildman–Crippen LogP) is 1.98. The molecule has 8 nitrogen and oxygen atoms in total. The van der Waals surface area contributed by atoms with Gasteiger partial charge in [0.05, 0.1) is 0 Å². The smallest absolute Gasteiger partial charge is 0.325 e. The molecule has 4 rings (SSSR count). The average Bonchev–Trinajstić information content (AvgIpc) is 3.28. The fourth-order valence-corrected chi connectivity index (χ4v) is 3.45. The SMILES string of the molecule is CN(Cc1ccc(F)cc1)C(=O)CN1C(=O)N[C@](C)(c2ccc3c(c2)OCO3)C1=O. The summed E-state index contributed by atoms with van der Waals surface area (Å²) in [6.07, 6.45) is 0. The van der Waals surface area contributed by atoms with Crippen molar-refractivity contribution in [2.24, 2.45) is 0 Å². The van der Waals surface area contributed by atoms with Gasteiger partial charge in [0.25, 0.3) is 5.91 Å². The van der Waals surface area contributed by atoms with Crippen molar-refractivity contribution in [3.63, 3.8) is 0 Å². The molecule has 2 aromatic carbocycles. The highest BCUT2D eigenvalue weighted by molar-refractivity contribution is 6.09. The van der Waals surface area contributed by atoms with Crippen LogP contribution in [0.25, 0.3) is 0 Å². The third-order valence-corrected chi connectivity index (χ3v) is 5.28. The van der Waals surface area contributed by atoms with Gasteiger partial charge in [-0.2, -0.15) is 0 Å². The maximum Gasteiger partial charge on any atom is 0.325 e. The molecule has 1 saturated heterocycles. The number of amides is 4. The maximum absolute atomic E-state index is 13.1. The molecule has 2 aliphatic heterocycles. The van der Waals surface area contributed by atoms with E-state index in [2.05, 4.69) is 5.32 Å². The summed E-state index contributed by atoms with van der Waals surface area (Å²) in [6.45, 7) is 1.50. The zero-order valence-electron chi connectivity index (χ0n) is 16.5. The van der Waals surface area contributed by atoms with Crippen LogP contribution in [-0.4, -0.2) is 48.0 Å². The van der Waals surface area contributed by atoms with E-state index in [0.29, 0.717) is 17.1 Å². The van der Waals surface area contributed by atoms with Crippen molar-refractivity contribution in [3.05, 3.63) is 59.4 Å². The topological polar surface area (TPSA) is 88.2 Å². The highest BCUT2D eigenvalue weighted by Gasteiger charge is 2.50.